The van der Waals surface area contributed by atoms with Crippen molar-refractivity contribution in [3.05, 3.63) is 15.9 Å². The summed E-state index contributed by atoms with van der Waals surface area (Å²) < 4.78 is 2.98. The van der Waals surface area contributed by atoms with Gasteiger partial charge in [0.1, 0.15) is 0 Å². The summed E-state index contributed by atoms with van der Waals surface area (Å²) in [6, 6.07) is 0. The first-order chi connectivity index (χ1) is 7.02. The van der Waals surface area contributed by atoms with Gasteiger partial charge in [0.15, 0.2) is 0 Å². The third-order valence-electron chi connectivity index (χ3n) is 3.27. The van der Waals surface area contributed by atoms with Crippen molar-refractivity contribution in [3.63, 3.8) is 0 Å². The first-order valence-electron chi connectivity index (χ1n) is 5.44. The lowest BCUT2D eigenvalue weighted by Crippen LogP contribution is -2.31. The summed E-state index contributed by atoms with van der Waals surface area (Å²) in [6.07, 6.45) is 4.08. The molecule has 4 heteroatoms. The SMILES string of the molecule is Cc1nn(CC2(O)CCCC2)c(C)c1Br. The second-order valence-electron chi connectivity index (χ2n) is 4.57. The number of hydrogen-bond donors (Lipinski definition) is 1. The molecule has 1 aliphatic rings. The van der Waals surface area contributed by atoms with Gasteiger partial charge in [-0.1, -0.05) is 12.8 Å². The molecule has 0 aromatic carbocycles. The Morgan fingerprint density at radius 2 is 2.00 bits per heavy atom. The molecule has 0 spiro atoms. The van der Waals surface area contributed by atoms with Crippen LogP contribution in [0.5, 0.6) is 0 Å². The van der Waals surface area contributed by atoms with Gasteiger partial charge in [-0.25, -0.2) is 0 Å². The van der Waals surface area contributed by atoms with Gasteiger partial charge in [0, 0.05) is 5.69 Å². The first-order valence-corrected chi connectivity index (χ1v) is 6.23. The highest BCUT2D eigenvalue weighted by Gasteiger charge is 2.32. The molecule has 1 fully saturated rings. The molecule has 0 atom stereocenters. The monoisotopic (exact) mass is 272 g/mol. The van der Waals surface area contributed by atoms with Gasteiger partial charge in [-0.2, -0.15) is 5.10 Å². The molecule has 0 amide bonds. The van der Waals surface area contributed by atoms with Crippen molar-refractivity contribution in [2.24, 2.45) is 0 Å². The molecule has 1 aliphatic carbocycles. The minimum Gasteiger partial charge on any atom is -0.388 e. The van der Waals surface area contributed by atoms with Gasteiger partial charge < -0.3 is 5.11 Å². The van der Waals surface area contributed by atoms with E-state index in [4.69, 9.17) is 0 Å². The summed E-state index contributed by atoms with van der Waals surface area (Å²) in [6.45, 7) is 4.64. The Hall–Kier alpha value is -0.350. The number of aliphatic hydroxyl groups is 1. The second kappa shape index (κ2) is 3.91. The lowest BCUT2D eigenvalue weighted by molar-refractivity contribution is 0.0258. The van der Waals surface area contributed by atoms with Crippen molar-refractivity contribution >= 4 is 15.9 Å². The van der Waals surface area contributed by atoms with Crippen molar-refractivity contribution in [2.45, 2.75) is 51.7 Å². The van der Waals surface area contributed by atoms with Crippen molar-refractivity contribution < 1.29 is 5.11 Å². The van der Waals surface area contributed by atoms with E-state index in [1.807, 2.05) is 18.5 Å². The van der Waals surface area contributed by atoms with Crippen LogP contribution in [0.3, 0.4) is 0 Å². The summed E-state index contributed by atoms with van der Waals surface area (Å²) in [5.41, 5.74) is 1.57. The Bertz CT molecular complexity index is 367. The third-order valence-corrected chi connectivity index (χ3v) is 4.42. The predicted molar refractivity (Wildman–Crippen MR) is 62.8 cm³/mol. The van der Waals surface area contributed by atoms with Crippen LogP contribution in [-0.4, -0.2) is 20.5 Å². The molecule has 1 aromatic heterocycles. The van der Waals surface area contributed by atoms with Gasteiger partial charge in [0.2, 0.25) is 0 Å². The van der Waals surface area contributed by atoms with E-state index < -0.39 is 5.60 Å². The second-order valence-corrected chi connectivity index (χ2v) is 5.37. The van der Waals surface area contributed by atoms with Gasteiger partial charge in [-0.3, -0.25) is 4.68 Å². The largest absolute Gasteiger partial charge is 0.388 e. The molecular weight excluding hydrogens is 256 g/mol. The highest BCUT2D eigenvalue weighted by Crippen LogP contribution is 2.32. The highest BCUT2D eigenvalue weighted by atomic mass is 79.9. The smallest absolute Gasteiger partial charge is 0.0842 e. The summed E-state index contributed by atoms with van der Waals surface area (Å²) in [7, 11) is 0. The van der Waals surface area contributed by atoms with Gasteiger partial charge >= 0.3 is 0 Å². The molecule has 1 aromatic rings. The van der Waals surface area contributed by atoms with Crippen LogP contribution < -0.4 is 0 Å². The van der Waals surface area contributed by atoms with Gasteiger partial charge in [0.25, 0.3) is 0 Å². The Morgan fingerprint density at radius 3 is 2.47 bits per heavy atom. The van der Waals surface area contributed by atoms with Crippen LogP contribution in [0.2, 0.25) is 0 Å². The number of aromatic nitrogens is 2. The normalized spacial score (nSPS) is 19.7. The molecule has 3 nitrogen and oxygen atoms in total. The Kier molecular flexibility index (Phi) is 2.90. The van der Waals surface area contributed by atoms with Crippen LogP contribution in [0.25, 0.3) is 0 Å². The number of rotatable bonds is 2. The Morgan fingerprint density at radius 1 is 1.40 bits per heavy atom. The Labute approximate surface area is 98.6 Å². The van der Waals surface area contributed by atoms with Crippen molar-refractivity contribution in [1.29, 1.82) is 0 Å². The molecule has 1 N–H and O–H groups in total. The van der Waals surface area contributed by atoms with Crippen LogP contribution in [0.1, 0.15) is 37.1 Å². The molecule has 0 radical (unpaired) electrons. The van der Waals surface area contributed by atoms with E-state index in [-0.39, 0.29) is 0 Å². The van der Waals surface area contributed by atoms with Crippen molar-refractivity contribution in [2.75, 3.05) is 0 Å². The zero-order valence-electron chi connectivity index (χ0n) is 9.26. The Balaban J connectivity index is 2.20. The summed E-state index contributed by atoms with van der Waals surface area (Å²) in [4.78, 5) is 0. The van der Waals surface area contributed by atoms with E-state index in [9.17, 15) is 5.11 Å². The van der Waals surface area contributed by atoms with Crippen LogP contribution in [-0.2, 0) is 6.54 Å². The fraction of sp³-hybridized carbons (Fsp3) is 0.727. The van der Waals surface area contributed by atoms with Gasteiger partial charge in [-0.15, -0.1) is 0 Å². The molecule has 84 valence electrons. The average Bonchev–Trinajstić information content (AvgIpc) is 2.69. The van der Waals surface area contributed by atoms with E-state index in [0.29, 0.717) is 6.54 Å². The number of nitrogens with zero attached hydrogens (tertiary/aromatic N) is 2. The molecule has 15 heavy (non-hydrogen) atoms. The molecule has 1 heterocycles. The fourth-order valence-electron chi connectivity index (χ4n) is 2.30. The standard InChI is InChI=1S/C11H17BrN2O/c1-8-10(12)9(2)14(13-8)7-11(15)5-3-4-6-11/h15H,3-7H2,1-2H3. The minimum atomic E-state index is -0.525. The number of halogens is 1. The molecule has 0 aliphatic heterocycles. The topological polar surface area (TPSA) is 38.0 Å². The molecule has 1 saturated carbocycles. The number of aryl methyl sites for hydroxylation is 1. The zero-order chi connectivity index (χ0) is 11.1. The van der Waals surface area contributed by atoms with E-state index in [2.05, 4.69) is 21.0 Å². The van der Waals surface area contributed by atoms with Crippen LogP contribution in [0, 0.1) is 13.8 Å². The van der Waals surface area contributed by atoms with E-state index >= 15 is 0 Å². The van der Waals surface area contributed by atoms with Crippen molar-refractivity contribution in [1.82, 2.24) is 9.78 Å². The number of hydrogen-bond acceptors (Lipinski definition) is 2. The lowest BCUT2D eigenvalue weighted by atomic mass is 10.0. The maximum Gasteiger partial charge on any atom is 0.0842 e. The predicted octanol–water partition coefficient (Wildman–Crippen LogP) is 2.57. The fourth-order valence-corrected chi connectivity index (χ4v) is 2.58. The molecular formula is C11H17BrN2O. The zero-order valence-corrected chi connectivity index (χ0v) is 10.8. The molecule has 2 rings (SSSR count). The van der Waals surface area contributed by atoms with Gasteiger partial charge in [-0.05, 0) is 42.6 Å². The van der Waals surface area contributed by atoms with Crippen LogP contribution in [0.15, 0.2) is 4.47 Å². The molecule has 0 unspecified atom stereocenters. The quantitative estimate of drug-likeness (QED) is 0.899. The third kappa shape index (κ3) is 2.11. The highest BCUT2D eigenvalue weighted by molar-refractivity contribution is 9.10. The van der Waals surface area contributed by atoms with Gasteiger partial charge in [0.05, 0.1) is 22.3 Å². The van der Waals surface area contributed by atoms with E-state index in [1.54, 1.807) is 0 Å². The molecule has 0 saturated heterocycles. The van der Waals surface area contributed by atoms with E-state index in [0.717, 1.165) is 41.5 Å². The van der Waals surface area contributed by atoms with E-state index in [1.165, 1.54) is 0 Å². The van der Waals surface area contributed by atoms with Crippen molar-refractivity contribution in [3.8, 4) is 0 Å². The summed E-state index contributed by atoms with van der Waals surface area (Å²) in [5.74, 6) is 0. The first kappa shape index (κ1) is 11.1. The lowest BCUT2D eigenvalue weighted by Gasteiger charge is -2.22. The summed E-state index contributed by atoms with van der Waals surface area (Å²) >= 11 is 3.50. The maximum absolute atomic E-state index is 10.3. The summed E-state index contributed by atoms with van der Waals surface area (Å²) in [5, 5.41) is 14.7. The molecule has 0 bridgehead atoms. The minimum absolute atomic E-state index is 0.525. The van der Waals surface area contributed by atoms with Crippen LogP contribution in [0.4, 0.5) is 0 Å². The average molecular weight is 273 g/mol. The maximum atomic E-state index is 10.3. The van der Waals surface area contributed by atoms with Crippen LogP contribution >= 0.6 is 15.9 Å².